The van der Waals surface area contributed by atoms with Gasteiger partial charge in [0.15, 0.2) is 0 Å². The molecule has 15 heavy (non-hydrogen) atoms. The van der Waals surface area contributed by atoms with Gasteiger partial charge in [-0.15, -0.1) is 0 Å². The van der Waals surface area contributed by atoms with Crippen LogP contribution in [-0.2, 0) is 0 Å². The van der Waals surface area contributed by atoms with E-state index in [0.29, 0.717) is 6.04 Å². The smallest absolute Gasteiger partial charge is 0.317 e. The average molecular weight is 228 g/mol. The van der Waals surface area contributed by atoms with Crippen molar-refractivity contribution in [3.8, 4) is 0 Å². The van der Waals surface area contributed by atoms with Crippen LogP contribution >= 0.6 is 11.8 Å². The molecule has 2 unspecified atom stereocenters. The first-order valence-corrected chi connectivity index (χ1v) is 7.17. The van der Waals surface area contributed by atoms with Crippen LogP contribution in [0.25, 0.3) is 0 Å². The Bertz CT molecular complexity index is 235. The topological polar surface area (TPSA) is 32.3 Å². The highest BCUT2D eigenvalue weighted by Gasteiger charge is 2.30. The molecule has 1 saturated carbocycles. The highest BCUT2D eigenvalue weighted by Crippen LogP contribution is 2.30. The molecule has 0 aromatic heterocycles. The third-order valence-corrected chi connectivity index (χ3v) is 4.58. The van der Waals surface area contributed by atoms with Gasteiger partial charge < -0.3 is 10.2 Å². The number of urea groups is 1. The lowest BCUT2D eigenvalue weighted by atomic mass is 9.93. The highest BCUT2D eigenvalue weighted by atomic mass is 32.2. The Morgan fingerprint density at radius 1 is 1.40 bits per heavy atom. The van der Waals surface area contributed by atoms with E-state index < -0.39 is 0 Å². The van der Waals surface area contributed by atoms with E-state index in [0.717, 1.165) is 24.8 Å². The molecule has 2 rings (SSSR count). The van der Waals surface area contributed by atoms with Crippen molar-refractivity contribution in [1.29, 1.82) is 0 Å². The summed E-state index contributed by atoms with van der Waals surface area (Å²) < 4.78 is 0. The summed E-state index contributed by atoms with van der Waals surface area (Å²) in [5, 5.41) is 3.70. The molecule has 1 saturated heterocycles. The minimum Gasteiger partial charge on any atom is -0.338 e. The van der Waals surface area contributed by atoms with Gasteiger partial charge in [-0.1, -0.05) is 6.42 Å². The lowest BCUT2D eigenvalue weighted by Gasteiger charge is -2.39. The molecule has 4 heteroatoms. The monoisotopic (exact) mass is 228 g/mol. The van der Waals surface area contributed by atoms with Crippen molar-refractivity contribution >= 4 is 17.8 Å². The number of hydrogen-bond acceptors (Lipinski definition) is 2. The third-order valence-electron chi connectivity index (χ3n) is 3.49. The van der Waals surface area contributed by atoms with E-state index in [9.17, 15) is 4.79 Å². The zero-order valence-corrected chi connectivity index (χ0v) is 10.2. The Morgan fingerprint density at radius 3 is 3.00 bits per heavy atom. The van der Waals surface area contributed by atoms with Gasteiger partial charge in [-0.3, -0.25) is 0 Å². The van der Waals surface area contributed by atoms with Crippen LogP contribution in [-0.4, -0.2) is 41.6 Å². The summed E-state index contributed by atoms with van der Waals surface area (Å²) >= 11 is 1.96. The Kier molecular flexibility index (Phi) is 3.78. The summed E-state index contributed by atoms with van der Waals surface area (Å²) in [5.41, 5.74) is 0. The summed E-state index contributed by atoms with van der Waals surface area (Å²) in [7, 11) is 0. The van der Waals surface area contributed by atoms with Gasteiger partial charge in [0.2, 0.25) is 0 Å². The molecule has 86 valence electrons. The van der Waals surface area contributed by atoms with Gasteiger partial charge in [-0.05, 0) is 31.9 Å². The molecule has 1 aliphatic heterocycles. The Labute approximate surface area is 96.0 Å². The number of carbonyl (C=O) groups excluding carboxylic acids is 1. The van der Waals surface area contributed by atoms with Crippen LogP contribution in [0.4, 0.5) is 4.79 Å². The largest absolute Gasteiger partial charge is 0.338 e. The number of rotatable bonds is 2. The lowest BCUT2D eigenvalue weighted by molar-refractivity contribution is 0.144. The predicted octanol–water partition coefficient (Wildman–Crippen LogP) is 2.08. The van der Waals surface area contributed by atoms with Gasteiger partial charge in [0.25, 0.3) is 0 Å². The van der Waals surface area contributed by atoms with Gasteiger partial charge >= 0.3 is 6.03 Å². The minimum absolute atomic E-state index is 0.160. The standard InChI is InChI=1S/C11H20N2OS/c1-15-10-5-2-4-9(8-10)13-7-3-6-12-11(13)14/h9-10H,2-8H2,1H3,(H,12,14). The first kappa shape index (κ1) is 11.1. The summed E-state index contributed by atoms with van der Waals surface area (Å²) in [4.78, 5) is 13.8. The van der Waals surface area contributed by atoms with E-state index in [4.69, 9.17) is 0 Å². The van der Waals surface area contributed by atoms with Crippen molar-refractivity contribution in [3.63, 3.8) is 0 Å². The summed E-state index contributed by atoms with van der Waals surface area (Å²) in [6.07, 6.45) is 8.28. The number of hydrogen-bond donors (Lipinski definition) is 1. The van der Waals surface area contributed by atoms with E-state index in [1.165, 1.54) is 25.7 Å². The van der Waals surface area contributed by atoms with E-state index in [1.54, 1.807) is 0 Å². The van der Waals surface area contributed by atoms with E-state index in [1.807, 2.05) is 11.8 Å². The number of thioether (sulfide) groups is 1. The van der Waals surface area contributed by atoms with Gasteiger partial charge in [0.05, 0.1) is 0 Å². The maximum Gasteiger partial charge on any atom is 0.317 e. The van der Waals surface area contributed by atoms with Gasteiger partial charge in [0.1, 0.15) is 0 Å². The Hall–Kier alpha value is -0.380. The molecule has 1 N–H and O–H groups in total. The van der Waals surface area contributed by atoms with Crippen LogP contribution < -0.4 is 5.32 Å². The van der Waals surface area contributed by atoms with Crippen molar-refractivity contribution < 1.29 is 4.79 Å². The second-order valence-corrected chi connectivity index (χ2v) is 5.60. The van der Waals surface area contributed by atoms with Crippen molar-refractivity contribution in [3.05, 3.63) is 0 Å². The number of nitrogens with zero attached hydrogens (tertiary/aromatic N) is 1. The molecule has 2 amide bonds. The molecule has 0 bridgehead atoms. The van der Waals surface area contributed by atoms with E-state index in [-0.39, 0.29) is 6.03 Å². The summed E-state index contributed by atoms with van der Waals surface area (Å²) in [5.74, 6) is 0. The van der Waals surface area contributed by atoms with Crippen molar-refractivity contribution in [2.75, 3.05) is 19.3 Å². The molecule has 2 aliphatic rings. The van der Waals surface area contributed by atoms with E-state index in [2.05, 4.69) is 16.5 Å². The molecule has 0 aromatic carbocycles. The fourth-order valence-electron chi connectivity index (χ4n) is 2.61. The molecule has 0 radical (unpaired) electrons. The van der Waals surface area contributed by atoms with Crippen LogP contribution in [0.3, 0.4) is 0 Å². The molecular formula is C11H20N2OS. The van der Waals surface area contributed by atoms with Crippen LogP contribution in [0, 0.1) is 0 Å². The maximum absolute atomic E-state index is 11.7. The van der Waals surface area contributed by atoms with Gasteiger partial charge in [-0.2, -0.15) is 11.8 Å². The lowest BCUT2D eigenvalue weighted by Crippen LogP contribution is -2.52. The number of nitrogens with one attached hydrogen (secondary N) is 1. The zero-order chi connectivity index (χ0) is 10.7. The fourth-order valence-corrected chi connectivity index (χ4v) is 3.43. The number of amides is 2. The highest BCUT2D eigenvalue weighted by molar-refractivity contribution is 7.99. The second-order valence-electron chi connectivity index (χ2n) is 4.46. The molecule has 0 aromatic rings. The first-order valence-electron chi connectivity index (χ1n) is 5.88. The quantitative estimate of drug-likeness (QED) is 0.785. The molecule has 3 nitrogen and oxygen atoms in total. The van der Waals surface area contributed by atoms with Crippen molar-refractivity contribution in [2.24, 2.45) is 0 Å². The van der Waals surface area contributed by atoms with Crippen LogP contribution in [0.5, 0.6) is 0 Å². The van der Waals surface area contributed by atoms with Crippen LogP contribution in [0.15, 0.2) is 0 Å². The number of carbonyl (C=O) groups is 1. The van der Waals surface area contributed by atoms with Crippen molar-refractivity contribution in [2.45, 2.75) is 43.4 Å². The van der Waals surface area contributed by atoms with Crippen LogP contribution in [0.2, 0.25) is 0 Å². The van der Waals surface area contributed by atoms with E-state index >= 15 is 0 Å². The average Bonchev–Trinajstić information content (AvgIpc) is 2.30. The van der Waals surface area contributed by atoms with Crippen LogP contribution in [0.1, 0.15) is 32.1 Å². The molecular weight excluding hydrogens is 208 g/mol. The summed E-state index contributed by atoms with van der Waals surface area (Å²) in [6, 6.07) is 0.657. The first-order chi connectivity index (χ1) is 7.31. The molecule has 2 atom stereocenters. The minimum atomic E-state index is 0.160. The molecule has 2 fully saturated rings. The summed E-state index contributed by atoms with van der Waals surface area (Å²) in [6.45, 7) is 1.81. The second kappa shape index (κ2) is 5.10. The van der Waals surface area contributed by atoms with Gasteiger partial charge in [-0.25, -0.2) is 4.79 Å². The molecule has 1 heterocycles. The predicted molar refractivity (Wildman–Crippen MR) is 64.3 cm³/mol. The molecule has 0 spiro atoms. The third kappa shape index (κ3) is 2.60. The van der Waals surface area contributed by atoms with Crippen molar-refractivity contribution in [1.82, 2.24) is 10.2 Å². The molecule has 1 aliphatic carbocycles. The zero-order valence-electron chi connectivity index (χ0n) is 9.37. The fraction of sp³-hybridized carbons (Fsp3) is 0.909. The Balaban J connectivity index is 1.93. The Morgan fingerprint density at radius 2 is 2.27 bits per heavy atom. The van der Waals surface area contributed by atoms with Gasteiger partial charge in [0, 0.05) is 24.4 Å². The SMILES string of the molecule is CSC1CCCC(N2CCCNC2=O)C1. The normalized spacial score (nSPS) is 32.6. The maximum atomic E-state index is 11.7.